The monoisotopic (exact) mass is 215 g/mol. The molecule has 1 nitrogen and oxygen atoms in total. The fourth-order valence-corrected chi connectivity index (χ4v) is 3.03. The number of aryl methyl sites for hydroxylation is 1. The standard InChI is InChI=1S/C15H21N/c16-15(10-11-15)9-8-13-6-3-5-12-4-1-2-7-14(12)13/h1-2,4,7,13H,3,5-6,8-11,16H2. The highest BCUT2D eigenvalue weighted by molar-refractivity contribution is 5.32. The average Bonchev–Trinajstić information content (AvgIpc) is 3.05. The highest BCUT2D eigenvalue weighted by atomic mass is 14.8. The minimum Gasteiger partial charge on any atom is -0.325 e. The molecular weight excluding hydrogens is 194 g/mol. The molecule has 0 spiro atoms. The van der Waals surface area contributed by atoms with Crippen LogP contribution in [0.1, 0.15) is 55.6 Å². The van der Waals surface area contributed by atoms with Gasteiger partial charge in [0.1, 0.15) is 0 Å². The normalized spacial score (nSPS) is 26.2. The Balaban J connectivity index is 1.71. The molecule has 2 aliphatic carbocycles. The maximum atomic E-state index is 6.18. The minimum atomic E-state index is 0.229. The molecular formula is C15H21N. The summed E-state index contributed by atoms with van der Waals surface area (Å²) in [5.74, 6) is 0.783. The van der Waals surface area contributed by atoms with E-state index in [2.05, 4.69) is 24.3 Å². The number of nitrogens with two attached hydrogens (primary N) is 1. The summed E-state index contributed by atoms with van der Waals surface area (Å²) in [6.07, 6.45) is 9.04. The molecule has 1 aromatic rings. The van der Waals surface area contributed by atoms with Gasteiger partial charge in [-0.2, -0.15) is 0 Å². The minimum absolute atomic E-state index is 0.229. The number of benzene rings is 1. The van der Waals surface area contributed by atoms with Gasteiger partial charge in [-0.15, -0.1) is 0 Å². The second-order valence-electron chi connectivity index (χ2n) is 5.69. The molecule has 1 heteroatoms. The van der Waals surface area contributed by atoms with Crippen LogP contribution >= 0.6 is 0 Å². The maximum Gasteiger partial charge on any atom is 0.0155 e. The van der Waals surface area contributed by atoms with Gasteiger partial charge in [0.15, 0.2) is 0 Å². The van der Waals surface area contributed by atoms with E-state index in [0.29, 0.717) is 0 Å². The highest BCUT2D eigenvalue weighted by Crippen LogP contribution is 2.41. The lowest BCUT2D eigenvalue weighted by Gasteiger charge is -2.26. The van der Waals surface area contributed by atoms with Crippen molar-refractivity contribution in [1.29, 1.82) is 0 Å². The van der Waals surface area contributed by atoms with Crippen LogP contribution in [0.4, 0.5) is 0 Å². The summed E-state index contributed by atoms with van der Waals surface area (Å²) in [7, 11) is 0. The van der Waals surface area contributed by atoms with Crippen molar-refractivity contribution < 1.29 is 0 Å². The van der Waals surface area contributed by atoms with Crippen LogP contribution in [0.2, 0.25) is 0 Å². The van der Waals surface area contributed by atoms with E-state index in [-0.39, 0.29) is 5.54 Å². The Kier molecular flexibility index (Phi) is 2.51. The molecule has 0 saturated heterocycles. The summed E-state index contributed by atoms with van der Waals surface area (Å²) < 4.78 is 0. The predicted molar refractivity (Wildman–Crippen MR) is 67.5 cm³/mol. The van der Waals surface area contributed by atoms with Gasteiger partial charge in [-0.05, 0) is 62.0 Å². The maximum absolute atomic E-state index is 6.18. The molecule has 2 aliphatic rings. The summed E-state index contributed by atoms with van der Waals surface area (Å²) in [6.45, 7) is 0. The molecule has 1 saturated carbocycles. The third kappa shape index (κ3) is 2.01. The number of rotatable bonds is 3. The first-order valence-electron chi connectivity index (χ1n) is 6.64. The van der Waals surface area contributed by atoms with E-state index in [1.807, 2.05) is 0 Å². The van der Waals surface area contributed by atoms with Gasteiger partial charge in [-0.25, -0.2) is 0 Å². The lowest BCUT2D eigenvalue weighted by atomic mass is 9.80. The van der Waals surface area contributed by atoms with Gasteiger partial charge in [0.25, 0.3) is 0 Å². The van der Waals surface area contributed by atoms with Crippen LogP contribution in [0.5, 0.6) is 0 Å². The average molecular weight is 215 g/mol. The van der Waals surface area contributed by atoms with Crippen LogP contribution in [-0.2, 0) is 6.42 Å². The van der Waals surface area contributed by atoms with Crippen molar-refractivity contribution in [2.45, 2.75) is 56.4 Å². The molecule has 0 bridgehead atoms. The third-order valence-electron chi connectivity index (χ3n) is 4.38. The Labute approximate surface area is 98.0 Å². The van der Waals surface area contributed by atoms with E-state index < -0.39 is 0 Å². The van der Waals surface area contributed by atoms with Crippen molar-refractivity contribution in [2.75, 3.05) is 0 Å². The molecule has 3 rings (SSSR count). The van der Waals surface area contributed by atoms with Crippen molar-refractivity contribution >= 4 is 0 Å². The zero-order valence-corrected chi connectivity index (χ0v) is 9.91. The molecule has 16 heavy (non-hydrogen) atoms. The van der Waals surface area contributed by atoms with Gasteiger partial charge in [0.2, 0.25) is 0 Å². The molecule has 1 atom stereocenters. The van der Waals surface area contributed by atoms with Crippen molar-refractivity contribution in [3.8, 4) is 0 Å². The second kappa shape index (κ2) is 3.89. The molecule has 0 radical (unpaired) electrons. The first-order valence-corrected chi connectivity index (χ1v) is 6.64. The van der Waals surface area contributed by atoms with E-state index in [4.69, 9.17) is 5.73 Å². The van der Waals surface area contributed by atoms with Crippen LogP contribution < -0.4 is 5.73 Å². The van der Waals surface area contributed by atoms with Gasteiger partial charge >= 0.3 is 0 Å². The van der Waals surface area contributed by atoms with E-state index in [1.54, 1.807) is 11.1 Å². The van der Waals surface area contributed by atoms with E-state index >= 15 is 0 Å². The van der Waals surface area contributed by atoms with Crippen LogP contribution in [-0.4, -0.2) is 5.54 Å². The molecule has 1 fully saturated rings. The molecule has 1 unspecified atom stereocenters. The molecule has 0 heterocycles. The summed E-state index contributed by atoms with van der Waals surface area (Å²) in [4.78, 5) is 0. The SMILES string of the molecule is NC1(CCC2CCCc3ccccc32)CC1. The Morgan fingerprint density at radius 1 is 1.25 bits per heavy atom. The fourth-order valence-electron chi connectivity index (χ4n) is 3.03. The summed E-state index contributed by atoms with van der Waals surface area (Å²) in [5, 5.41) is 0. The smallest absolute Gasteiger partial charge is 0.0155 e. The van der Waals surface area contributed by atoms with Gasteiger partial charge in [-0.1, -0.05) is 24.3 Å². The fraction of sp³-hybridized carbons (Fsp3) is 0.600. The number of fused-ring (bicyclic) bond motifs is 1. The quantitative estimate of drug-likeness (QED) is 0.822. The van der Waals surface area contributed by atoms with Gasteiger partial charge in [-0.3, -0.25) is 0 Å². The zero-order chi connectivity index (χ0) is 11.0. The second-order valence-corrected chi connectivity index (χ2v) is 5.69. The van der Waals surface area contributed by atoms with Crippen molar-refractivity contribution in [3.63, 3.8) is 0 Å². The Morgan fingerprint density at radius 2 is 2.06 bits per heavy atom. The van der Waals surface area contributed by atoms with E-state index in [0.717, 1.165) is 5.92 Å². The van der Waals surface area contributed by atoms with Gasteiger partial charge in [0, 0.05) is 5.54 Å². The van der Waals surface area contributed by atoms with Crippen molar-refractivity contribution in [1.82, 2.24) is 0 Å². The first-order chi connectivity index (χ1) is 7.77. The Bertz CT molecular complexity index is 379. The van der Waals surface area contributed by atoms with Crippen molar-refractivity contribution in [2.24, 2.45) is 5.73 Å². The number of hydrogen-bond donors (Lipinski definition) is 1. The predicted octanol–water partition coefficient (Wildman–Crippen LogP) is 3.38. The largest absolute Gasteiger partial charge is 0.325 e. The van der Waals surface area contributed by atoms with Gasteiger partial charge in [0.05, 0.1) is 0 Å². The van der Waals surface area contributed by atoms with E-state index in [9.17, 15) is 0 Å². The summed E-state index contributed by atoms with van der Waals surface area (Å²) in [6, 6.07) is 8.99. The third-order valence-corrected chi connectivity index (χ3v) is 4.38. The molecule has 0 aromatic heterocycles. The van der Waals surface area contributed by atoms with Gasteiger partial charge < -0.3 is 5.73 Å². The highest BCUT2D eigenvalue weighted by Gasteiger charge is 2.38. The summed E-state index contributed by atoms with van der Waals surface area (Å²) in [5.41, 5.74) is 9.61. The lowest BCUT2D eigenvalue weighted by Crippen LogP contribution is -2.23. The molecule has 1 aromatic carbocycles. The zero-order valence-electron chi connectivity index (χ0n) is 9.91. The lowest BCUT2D eigenvalue weighted by molar-refractivity contribution is 0.465. The van der Waals surface area contributed by atoms with Crippen molar-refractivity contribution in [3.05, 3.63) is 35.4 Å². The molecule has 86 valence electrons. The molecule has 2 N–H and O–H groups in total. The van der Waals surface area contributed by atoms with Crippen LogP contribution in [0.3, 0.4) is 0 Å². The summed E-state index contributed by atoms with van der Waals surface area (Å²) >= 11 is 0. The number of hydrogen-bond acceptors (Lipinski definition) is 1. The van der Waals surface area contributed by atoms with Crippen LogP contribution in [0, 0.1) is 0 Å². The topological polar surface area (TPSA) is 26.0 Å². The Morgan fingerprint density at radius 3 is 2.88 bits per heavy atom. The first kappa shape index (κ1) is 10.3. The molecule has 0 aliphatic heterocycles. The molecule has 0 amide bonds. The Hall–Kier alpha value is -0.820. The van der Waals surface area contributed by atoms with Crippen LogP contribution in [0.25, 0.3) is 0 Å². The van der Waals surface area contributed by atoms with E-state index in [1.165, 1.54) is 44.9 Å². The van der Waals surface area contributed by atoms with Crippen LogP contribution in [0.15, 0.2) is 24.3 Å².